The van der Waals surface area contributed by atoms with Gasteiger partial charge in [0.1, 0.15) is 11.4 Å². The zero-order chi connectivity index (χ0) is 14.9. The van der Waals surface area contributed by atoms with Gasteiger partial charge in [-0.2, -0.15) is 0 Å². The van der Waals surface area contributed by atoms with Gasteiger partial charge in [0.05, 0.1) is 7.11 Å². The van der Waals surface area contributed by atoms with Crippen LogP contribution in [-0.2, 0) is 5.60 Å². The first-order valence-corrected chi connectivity index (χ1v) is 6.88. The van der Waals surface area contributed by atoms with E-state index in [1.807, 2.05) is 38.1 Å². The first-order chi connectivity index (χ1) is 9.36. The van der Waals surface area contributed by atoms with Crippen LogP contribution in [0.3, 0.4) is 0 Å². The summed E-state index contributed by atoms with van der Waals surface area (Å²) in [5.41, 5.74) is 2.45. The van der Waals surface area contributed by atoms with E-state index in [1.165, 1.54) is 0 Å². The Morgan fingerprint density at radius 2 is 1.85 bits per heavy atom. The third-order valence-electron chi connectivity index (χ3n) is 3.54. The molecule has 2 aromatic carbocycles. The summed E-state index contributed by atoms with van der Waals surface area (Å²) >= 11 is 6.03. The molecule has 0 fully saturated rings. The molecule has 0 aliphatic carbocycles. The van der Waals surface area contributed by atoms with Crippen molar-refractivity contribution in [1.82, 2.24) is 0 Å². The second-order valence-corrected chi connectivity index (χ2v) is 5.68. The van der Waals surface area contributed by atoms with Gasteiger partial charge in [0, 0.05) is 10.6 Å². The quantitative estimate of drug-likeness (QED) is 0.917. The number of hydrogen-bond acceptors (Lipinski definition) is 2. The lowest BCUT2D eigenvalue weighted by atomic mass is 9.84. The number of hydrogen-bond donors (Lipinski definition) is 1. The second-order valence-electron chi connectivity index (χ2n) is 5.24. The Hall–Kier alpha value is -1.51. The number of aliphatic hydroxyl groups is 1. The lowest BCUT2D eigenvalue weighted by Crippen LogP contribution is -2.25. The molecule has 3 heteroatoms. The molecule has 0 aromatic heterocycles. The van der Waals surface area contributed by atoms with Crippen molar-refractivity contribution in [2.24, 2.45) is 0 Å². The van der Waals surface area contributed by atoms with Crippen LogP contribution in [0, 0.1) is 13.8 Å². The maximum atomic E-state index is 11.0. The van der Waals surface area contributed by atoms with Crippen molar-refractivity contribution < 1.29 is 9.84 Å². The predicted molar refractivity (Wildman–Crippen MR) is 82.6 cm³/mol. The van der Waals surface area contributed by atoms with Crippen molar-refractivity contribution in [3.05, 3.63) is 63.7 Å². The minimum atomic E-state index is -1.16. The van der Waals surface area contributed by atoms with E-state index in [1.54, 1.807) is 26.2 Å². The Kier molecular flexibility index (Phi) is 4.07. The second kappa shape index (κ2) is 5.47. The Labute approximate surface area is 125 Å². The molecule has 0 bridgehead atoms. The standard InChI is InChI=1S/C17H19ClO2/c1-11-8-12(2)16(15(9-11)20-4)17(3,19)13-6-5-7-14(18)10-13/h5-10,19H,1-4H3. The van der Waals surface area contributed by atoms with E-state index in [0.29, 0.717) is 10.8 Å². The molecule has 2 rings (SSSR count). The molecular formula is C17H19ClO2. The Morgan fingerprint density at radius 3 is 2.45 bits per heavy atom. The lowest BCUT2D eigenvalue weighted by Gasteiger charge is -2.28. The zero-order valence-corrected chi connectivity index (χ0v) is 13.0. The minimum Gasteiger partial charge on any atom is -0.496 e. The first kappa shape index (κ1) is 14.9. The molecule has 20 heavy (non-hydrogen) atoms. The third-order valence-corrected chi connectivity index (χ3v) is 3.77. The van der Waals surface area contributed by atoms with Crippen LogP contribution in [0.15, 0.2) is 36.4 Å². The summed E-state index contributed by atoms with van der Waals surface area (Å²) in [7, 11) is 1.62. The smallest absolute Gasteiger partial charge is 0.125 e. The number of ether oxygens (including phenoxy) is 1. The fourth-order valence-corrected chi connectivity index (χ4v) is 2.84. The Morgan fingerprint density at radius 1 is 1.15 bits per heavy atom. The average molecular weight is 291 g/mol. The molecule has 0 spiro atoms. The van der Waals surface area contributed by atoms with Crippen LogP contribution >= 0.6 is 11.6 Å². The van der Waals surface area contributed by atoms with Crippen LogP contribution in [0.5, 0.6) is 5.75 Å². The molecule has 2 nitrogen and oxygen atoms in total. The van der Waals surface area contributed by atoms with Crippen LogP contribution in [0.25, 0.3) is 0 Å². The van der Waals surface area contributed by atoms with E-state index in [2.05, 4.69) is 0 Å². The molecule has 0 saturated carbocycles. The Bertz CT molecular complexity index is 633. The summed E-state index contributed by atoms with van der Waals surface area (Å²) in [6, 6.07) is 11.2. The van der Waals surface area contributed by atoms with Crippen molar-refractivity contribution in [1.29, 1.82) is 0 Å². The van der Waals surface area contributed by atoms with Crippen molar-refractivity contribution >= 4 is 11.6 Å². The average Bonchev–Trinajstić information content (AvgIpc) is 2.37. The number of halogens is 1. The van der Waals surface area contributed by atoms with E-state index in [4.69, 9.17) is 16.3 Å². The highest BCUT2D eigenvalue weighted by molar-refractivity contribution is 6.30. The monoisotopic (exact) mass is 290 g/mol. The van der Waals surface area contributed by atoms with Gasteiger partial charge in [-0.15, -0.1) is 0 Å². The van der Waals surface area contributed by atoms with Crippen LogP contribution in [0.2, 0.25) is 5.02 Å². The molecule has 1 unspecified atom stereocenters. The molecule has 0 aliphatic rings. The van der Waals surface area contributed by atoms with Gasteiger partial charge in [-0.3, -0.25) is 0 Å². The first-order valence-electron chi connectivity index (χ1n) is 6.50. The fourth-order valence-electron chi connectivity index (χ4n) is 2.65. The molecule has 1 N–H and O–H groups in total. The third kappa shape index (κ3) is 2.67. The molecule has 0 saturated heterocycles. The zero-order valence-electron chi connectivity index (χ0n) is 12.2. The van der Waals surface area contributed by atoms with Crippen LogP contribution in [0.4, 0.5) is 0 Å². The Balaban J connectivity index is 2.65. The van der Waals surface area contributed by atoms with E-state index < -0.39 is 5.60 Å². The summed E-state index contributed by atoms with van der Waals surface area (Å²) in [5, 5.41) is 11.6. The van der Waals surface area contributed by atoms with Gasteiger partial charge < -0.3 is 9.84 Å². The molecule has 0 heterocycles. The molecular weight excluding hydrogens is 272 g/mol. The maximum absolute atomic E-state index is 11.0. The fraction of sp³-hybridized carbons (Fsp3) is 0.294. The number of rotatable bonds is 3. The molecule has 1 atom stereocenters. The molecule has 2 aromatic rings. The van der Waals surface area contributed by atoms with Crippen molar-refractivity contribution in [3.8, 4) is 5.75 Å². The van der Waals surface area contributed by atoms with Crippen LogP contribution < -0.4 is 4.74 Å². The van der Waals surface area contributed by atoms with Gasteiger partial charge in [0.2, 0.25) is 0 Å². The van der Waals surface area contributed by atoms with E-state index in [-0.39, 0.29) is 0 Å². The van der Waals surface area contributed by atoms with Crippen LogP contribution in [-0.4, -0.2) is 12.2 Å². The van der Waals surface area contributed by atoms with E-state index >= 15 is 0 Å². The van der Waals surface area contributed by atoms with Gasteiger partial charge in [0.15, 0.2) is 0 Å². The summed E-state index contributed by atoms with van der Waals surface area (Å²) in [6.45, 7) is 5.75. The number of aryl methyl sites for hydroxylation is 2. The van der Waals surface area contributed by atoms with Gasteiger partial charge >= 0.3 is 0 Å². The predicted octanol–water partition coefficient (Wildman–Crippen LogP) is 4.22. The molecule has 0 aliphatic heterocycles. The van der Waals surface area contributed by atoms with Crippen molar-refractivity contribution in [2.75, 3.05) is 7.11 Å². The van der Waals surface area contributed by atoms with Gasteiger partial charge in [-0.05, 0) is 55.7 Å². The maximum Gasteiger partial charge on any atom is 0.125 e. The molecule has 0 radical (unpaired) electrons. The topological polar surface area (TPSA) is 29.5 Å². The number of benzene rings is 2. The molecule has 106 valence electrons. The van der Waals surface area contributed by atoms with Crippen molar-refractivity contribution in [3.63, 3.8) is 0 Å². The highest BCUT2D eigenvalue weighted by atomic mass is 35.5. The summed E-state index contributed by atoms with van der Waals surface area (Å²) in [5.74, 6) is 0.687. The largest absolute Gasteiger partial charge is 0.496 e. The SMILES string of the molecule is COc1cc(C)cc(C)c1C(C)(O)c1cccc(Cl)c1. The van der Waals surface area contributed by atoms with Gasteiger partial charge in [0.25, 0.3) is 0 Å². The normalized spacial score (nSPS) is 13.9. The summed E-state index contributed by atoms with van der Waals surface area (Å²) in [4.78, 5) is 0. The van der Waals surface area contributed by atoms with E-state index in [9.17, 15) is 5.11 Å². The highest BCUT2D eigenvalue weighted by Gasteiger charge is 2.31. The molecule has 0 amide bonds. The minimum absolute atomic E-state index is 0.603. The van der Waals surface area contributed by atoms with Gasteiger partial charge in [-0.1, -0.05) is 29.8 Å². The summed E-state index contributed by atoms with van der Waals surface area (Å²) in [6.07, 6.45) is 0. The lowest BCUT2D eigenvalue weighted by molar-refractivity contribution is 0.0982. The van der Waals surface area contributed by atoms with Crippen LogP contribution in [0.1, 0.15) is 29.2 Å². The van der Waals surface area contributed by atoms with Gasteiger partial charge in [-0.25, -0.2) is 0 Å². The summed E-state index contributed by atoms with van der Waals surface area (Å²) < 4.78 is 5.45. The highest BCUT2D eigenvalue weighted by Crippen LogP contribution is 2.38. The van der Waals surface area contributed by atoms with E-state index in [0.717, 1.165) is 22.3 Å². The number of methoxy groups -OCH3 is 1. The van der Waals surface area contributed by atoms with Crippen molar-refractivity contribution in [2.45, 2.75) is 26.4 Å².